The van der Waals surface area contributed by atoms with E-state index in [0.717, 1.165) is 23.3 Å². The SMILES string of the molecule is C=CC1OC(C)(C)O[C@@H]1OC(=O)Oc1ccc(-c2ccc(OC(=O)c3ccc(OCCCCCCCC)cc3)cc2)cc1. The topological polar surface area (TPSA) is 89.5 Å². The minimum atomic E-state index is -0.944. The third-order valence-corrected chi connectivity index (χ3v) is 6.84. The fourth-order valence-electron chi connectivity index (χ4n) is 4.58. The Bertz CT molecular complexity index is 1330. The van der Waals surface area contributed by atoms with Gasteiger partial charge >= 0.3 is 12.1 Å². The number of rotatable bonds is 14. The monoisotopic (exact) mass is 588 g/mol. The molecule has 8 heteroatoms. The van der Waals surface area contributed by atoms with E-state index in [-0.39, 0.29) is 0 Å². The highest BCUT2D eigenvalue weighted by molar-refractivity contribution is 5.91. The molecule has 3 aromatic carbocycles. The van der Waals surface area contributed by atoms with Crippen molar-refractivity contribution in [1.82, 2.24) is 0 Å². The molecule has 0 radical (unpaired) electrons. The van der Waals surface area contributed by atoms with Crippen molar-refractivity contribution < 1.29 is 38.0 Å². The maximum Gasteiger partial charge on any atom is 0.516 e. The molecule has 43 heavy (non-hydrogen) atoms. The van der Waals surface area contributed by atoms with Gasteiger partial charge in [-0.15, -0.1) is 6.58 Å². The molecule has 228 valence electrons. The molecule has 0 aromatic heterocycles. The number of benzene rings is 3. The number of carbonyl (C=O) groups excluding carboxylic acids is 2. The Hall–Kier alpha value is -4.14. The Morgan fingerprint density at radius 1 is 0.767 bits per heavy atom. The first kappa shape index (κ1) is 31.8. The van der Waals surface area contributed by atoms with E-state index in [2.05, 4.69) is 13.5 Å². The minimum absolute atomic E-state index is 0.312. The van der Waals surface area contributed by atoms with Crippen LogP contribution in [0.15, 0.2) is 85.5 Å². The molecule has 0 saturated carbocycles. The first-order valence-corrected chi connectivity index (χ1v) is 14.8. The van der Waals surface area contributed by atoms with Crippen molar-refractivity contribution in [3.8, 4) is 28.4 Å². The molecule has 1 unspecified atom stereocenters. The number of unbranched alkanes of at least 4 members (excludes halogenated alkanes) is 5. The van der Waals surface area contributed by atoms with Crippen LogP contribution in [0.3, 0.4) is 0 Å². The molecule has 1 saturated heterocycles. The molecule has 1 aliphatic heterocycles. The standard InChI is InChI=1S/C35H40O8/c1-5-7-8-9-10-11-24-38-28-18-16-27(17-19-28)32(36)39-29-20-12-25(13-21-29)26-14-22-30(23-15-26)40-34(37)41-33-31(6-2)42-35(3,4)43-33/h6,12-23,31,33H,2,5,7-11,24H2,1,3-4H3/t31?,33-/m0/s1. The summed E-state index contributed by atoms with van der Waals surface area (Å²) in [6.45, 7) is 10.0. The lowest BCUT2D eigenvalue weighted by Crippen LogP contribution is -2.28. The highest BCUT2D eigenvalue weighted by Crippen LogP contribution is 2.30. The maximum atomic E-state index is 12.6. The van der Waals surface area contributed by atoms with Crippen LogP contribution in [0.2, 0.25) is 0 Å². The van der Waals surface area contributed by atoms with Crippen molar-refractivity contribution in [1.29, 1.82) is 0 Å². The van der Waals surface area contributed by atoms with Crippen LogP contribution in [-0.4, -0.2) is 36.9 Å². The average Bonchev–Trinajstić information content (AvgIpc) is 3.30. The zero-order chi connectivity index (χ0) is 30.7. The number of hydrogen-bond acceptors (Lipinski definition) is 8. The molecular weight excluding hydrogens is 548 g/mol. The molecule has 1 fully saturated rings. The van der Waals surface area contributed by atoms with Crippen LogP contribution >= 0.6 is 0 Å². The molecule has 0 amide bonds. The van der Waals surface area contributed by atoms with E-state index < -0.39 is 30.3 Å². The summed E-state index contributed by atoms with van der Waals surface area (Å²) < 4.78 is 33.1. The van der Waals surface area contributed by atoms with E-state index in [0.29, 0.717) is 23.7 Å². The Kier molecular flexibility index (Phi) is 11.4. The van der Waals surface area contributed by atoms with Gasteiger partial charge in [-0.1, -0.05) is 69.4 Å². The molecule has 1 aliphatic rings. The number of carbonyl (C=O) groups is 2. The Morgan fingerprint density at radius 2 is 1.33 bits per heavy atom. The minimum Gasteiger partial charge on any atom is -0.494 e. The highest BCUT2D eigenvalue weighted by Gasteiger charge is 2.42. The Labute approximate surface area is 253 Å². The van der Waals surface area contributed by atoms with Crippen molar-refractivity contribution >= 4 is 12.1 Å². The smallest absolute Gasteiger partial charge is 0.494 e. The summed E-state index contributed by atoms with van der Waals surface area (Å²) in [7, 11) is 0. The first-order valence-electron chi connectivity index (χ1n) is 14.8. The van der Waals surface area contributed by atoms with Crippen molar-refractivity contribution in [2.24, 2.45) is 0 Å². The Morgan fingerprint density at radius 3 is 1.93 bits per heavy atom. The molecule has 3 aromatic rings. The summed E-state index contributed by atoms with van der Waals surface area (Å²) >= 11 is 0. The molecule has 0 aliphatic carbocycles. The predicted octanol–water partition coefficient (Wildman–Crippen LogP) is 8.49. The van der Waals surface area contributed by atoms with Gasteiger partial charge in [0.25, 0.3) is 0 Å². The molecule has 1 heterocycles. The van der Waals surface area contributed by atoms with Gasteiger partial charge in [0.15, 0.2) is 5.79 Å². The second-order valence-electron chi connectivity index (χ2n) is 10.8. The van der Waals surface area contributed by atoms with Gasteiger partial charge in [0.05, 0.1) is 12.2 Å². The van der Waals surface area contributed by atoms with E-state index in [1.807, 2.05) is 24.3 Å². The third-order valence-electron chi connectivity index (χ3n) is 6.84. The maximum absolute atomic E-state index is 12.6. The van der Waals surface area contributed by atoms with Gasteiger partial charge < -0.3 is 28.4 Å². The van der Waals surface area contributed by atoms with Gasteiger partial charge in [0, 0.05) is 0 Å². The fraction of sp³-hybridized carbons (Fsp3) is 0.371. The van der Waals surface area contributed by atoms with Gasteiger partial charge in [-0.3, -0.25) is 0 Å². The summed E-state index contributed by atoms with van der Waals surface area (Å²) in [5, 5.41) is 0. The molecule has 0 N–H and O–H groups in total. The van der Waals surface area contributed by atoms with Crippen molar-refractivity contribution in [2.75, 3.05) is 6.61 Å². The summed E-state index contributed by atoms with van der Waals surface area (Å²) in [4.78, 5) is 24.9. The van der Waals surface area contributed by atoms with Crippen LogP contribution in [0.4, 0.5) is 4.79 Å². The van der Waals surface area contributed by atoms with Gasteiger partial charge in [0.1, 0.15) is 23.4 Å². The number of ether oxygens (including phenoxy) is 6. The summed E-state index contributed by atoms with van der Waals surface area (Å²) in [6, 6.07) is 21.1. The zero-order valence-electron chi connectivity index (χ0n) is 25.1. The number of hydrogen-bond donors (Lipinski definition) is 0. The lowest BCUT2D eigenvalue weighted by atomic mass is 10.1. The quantitative estimate of drug-likeness (QED) is 0.0609. The van der Waals surface area contributed by atoms with E-state index in [9.17, 15) is 9.59 Å². The van der Waals surface area contributed by atoms with Gasteiger partial charge in [0.2, 0.25) is 6.29 Å². The van der Waals surface area contributed by atoms with E-state index >= 15 is 0 Å². The van der Waals surface area contributed by atoms with Crippen LogP contribution in [0.1, 0.15) is 69.7 Å². The molecule has 0 bridgehead atoms. The van der Waals surface area contributed by atoms with E-state index in [4.69, 9.17) is 28.4 Å². The van der Waals surface area contributed by atoms with Crippen molar-refractivity contribution in [3.05, 3.63) is 91.0 Å². The third kappa shape index (κ3) is 9.70. The van der Waals surface area contributed by atoms with Crippen LogP contribution in [-0.2, 0) is 14.2 Å². The summed E-state index contributed by atoms with van der Waals surface area (Å²) in [5.74, 6) is 0.143. The molecule has 4 rings (SSSR count). The van der Waals surface area contributed by atoms with Gasteiger partial charge in [-0.05, 0) is 79.9 Å². The Balaban J connectivity index is 1.23. The highest BCUT2D eigenvalue weighted by atomic mass is 16.9. The van der Waals surface area contributed by atoms with Gasteiger partial charge in [-0.2, -0.15) is 0 Å². The van der Waals surface area contributed by atoms with Gasteiger partial charge in [-0.25, -0.2) is 9.59 Å². The van der Waals surface area contributed by atoms with Crippen LogP contribution < -0.4 is 14.2 Å². The molecule has 2 atom stereocenters. The lowest BCUT2D eigenvalue weighted by molar-refractivity contribution is -0.177. The van der Waals surface area contributed by atoms with Crippen LogP contribution in [0.5, 0.6) is 17.2 Å². The second kappa shape index (κ2) is 15.4. The number of esters is 1. The van der Waals surface area contributed by atoms with Crippen molar-refractivity contribution in [3.63, 3.8) is 0 Å². The predicted molar refractivity (Wildman–Crippen MR) is 163 cm³/mol. The first-order chi connectivity index (χ1) is 20.8. The molecular formula is C35H40O8. The normalized spacial score (nSPS) is 17.2. The summed E-state index contributed by atoms with van der Waals surface area (Å²) in [6.07, 6.45) is 6.32. The van der Waals surface area contributed by atoms with Crippen LogP contribution in [0, 0.1) is 0 Å². The fourth-order valence-corrected chi connectivity index (χ4v) is 4.58. The van der Waals surface area contributed by atoms with E-state index in [1.165, 1.54) is 38.2 Å². The van der Waals surface area contributed by atoms with Crippen molar-refractivity contribution in [2.45, 2.75) is 77.5 Å². The second-order valence-corrected chi connectivity index (χ2v) is 10.8. The zero-order valence-corrected chi connectivity index (χ0v) is 25.1. The summed E-state index contributed by atoms with van der Waals surface area (Å²) in [5.41, 5.74) is 2.23. The molecule has 0 spiro atoms. The molecule has 8 nitrogen and oxygen atoms in total. The average molecular weight is 589 g/mol. The van der Waals surface area contributed by atoms with Crippen LogP contribution in [0.25, 0.3) is 11.1 Å². The largest absolute Gasteiger partial charge is 0.516 e. The lowest BCUT2D eigenvalue weighted by Gasteiger charge is -2.16. The van der Waals surface area contributed by atoms with E-state index in [1.54, 1.807) is 62.4 Å².